The normalized spacial score (nSPS) is 16.9. The lowest BCUT2D eigenvalue weighted by molar-refractivity contribution is 0.253. The van der Waals surface area contributed by atoms with Crippen LogP contribution in [0.15, 0.2) is 6.07 Å². The summed E-state index contributed by atoms with van der Waals surface area (Å²) in [4.78, 5) is 8.50. The van der Waals surface area contributed by atoms with Crippen molar-refractivity contribution in [2.75, 3.05) is 18.5 Å². The van der Waals surface area contributed by atoms with Gasteiger partial charge in [-0.2, -0.15) is 0 Å². The van der Waals surface area contributed by atoms with Crippen LogP contribution >= 0.6 is 11.6 Å². The number of aromatic nitrogens is 2. The van der Waals surface area contributed by atoms with Crippen LogP contribution in [0, 0.1) is 5.41 Å². The molecule has 0 amide bonds. The molecule has 0 aromatic carbocycles. The first-order valence-electron chi connectivity index (χ1n) is 6.06. The topological polar surface area (TPSA) is 58.0 Å². The molecule has 1 aliphatic carbocycles. The Bertz CT molecular complexity index is 393. The largest absolute Gasteiger partial charge is 0.396 e. The van der Waals surface area contributed by atoms with Gasteiger partial charge in [-0.05, 0) is 24.7 Å². The number of nitrogens with one attached hydrogen (secondary N) is 1. The number of hydrogen-bond donors (Lipinski definition) is 2. The fourth-order valence-electron chi connectivity index (χ4n) is 1.92. The van der Waals surface area contributed by atoms with Crippen LogP contribution in [-0.4, -0.2) is 28.2 Å². The summed E-state index contributed by atoms with van der Waals surface area (Å²) in [5, 5.41) is 12.8. The molecule has 1 aromatic rings. The zero-order valence-corrected chi connectivity index (χ0v) is 10.8. The molecule has 5 heteroatoms. The predicted octanol–water partition coefficient (Wildman–Crippen LogP) is 2.27. The summed E-state index contributed by atoms with van der Waals surface area (Å²) in [6, 6.07) is 1.75. The minimum atomic E-state index is 0.256. The van der Waals surface area contributed by atoms with Crippen molar-refractivity contribution in [2.45, 2.75) is 32.6 Å². The van der Waals surface area contributed by atoms with E-state index in [4.69, 9.17) is 16.7 Å². The summed E-state index contributed by atoms with van der Waals surface area (Å²) >= 11 is 5.92. The Morgan fingerprint density at radius 1 is 1.47 bits per heavy atom. The van der Waals surface area contributed by atoms with Gasteiger partial charge < -0.3 is 10.4 Å². The second-order valence-electron chi connectivity index (χ2n) is 4.67. The zero-order chi connectivity index (χ0) is 12.3. The van der Waals surface area contributed by atoms with E-state index in [-0.39, 0.29) is 12.0 Å². The monoisotopic (exact) mass is 255 g/mol. The van der Waals surface area contributed by atoms with Crippen LogP contribution in [-0.2, 0) is 6.42 Å². The van der Waals surface area contributed by atoms with E-state index in [0.717, 1.165) is 31.0 Å². The van der Waals surface area contributed by atoms with Gasteiger partial charge in [0.15, 0.2) is 0 Å². The van der Waals surface area contributed by atoms with Crippen molar-refractivity contribution in [3.8, 4) is 0 Å². The minimum Gasteiger partial charge on any atom is -0.396 e. The number of rotatable bonds is 6. The van der Waals surface area contributed by atoms with Gasteiger partial charge in [0.25, 0.3) is 0 Å². The van der Waals surface area contributed by atoms with Crippen LogP contribution in [0.5, 0.6) is 0 Å². The Hall–Kier alpha value is -0.870. The average Bonchev–Trinajstić information content (AvgIpc) is 3.07. The maximum atomic E-state index is 8.99. The van der Waals surface area contributed by atoms with E-state index >= 15 is 0 Å². The summed E-state index contributed by atoms with van der Waals surface area (Å²) in [7, 11) is 0. The molecule has 2 N–H and O–H groups in total. The van der Waals surface area contributed by atoms with E-state index in [2.05, 4.69) is 15.3 Å². The highest BCUT2D eigenvalue weighted by Crippen LogP contribution is 2.48. The number of aliphatic hydroxyl groups is 1. The Morgan fingerprint density at radius 2 is 2.24 bits per heavy atom. The van der Waals surface area contributed by atoms with Gasteiger partial charge in [-0.1, -0.05) is 18.5 Å². The number of halogens is 1. The van der Waals surface area contributed by atoms with Crippen molar-refractivity contribution in [3.05, 3.63) is 17.0 Å². The fraction of sp³-hybridized carbons (Fsp3) is 0.667. The summed E-state index contributed by atoms with van der Waals surface area (Å²) in [5.41, 5.74) is 0.276. The lowest BCUT2D eigenvalue weighted by Crippen LogP contribution is -2.17. The van der Waals surface area contributed by atoms with Gasteiger partial charge in [-0.3, -0.25) is 0 Å². The quantitative estimate of drug-likeness (QED) is 0.766. The average molecular weight is 256 g/mol. The van der Waals surface area contributed by atoms with Gasteiger partial charge in [-0.25, -0.2) is 9.97 Å². The molecule has 0 aliphatic heterocycles. The molecule has 0 bridgehead atoms. The summed E-state index contributed by atoms with van der Waals surface area (Å²) < 4.78 is 0. The number of hydrogen-bond acceptors (Lipinski definition) is 4. The Morgan fingerprint density at radius 3 is 2.82 bits per heavy atom. The van der Waals surface area contributed by atoms with Crippen LogP contribution in [0.4, 0.5) is 5.82 Å². The van der Waals surface area contributed by atoms with Crippen LogP contribution in [0.2, 0.25) is 5.15 Å². The van der Waals surface area contributed by atoms with Gasteiger partial charge >= 0.3 is 0 Å². The van der Waals surface area contributed by atoms with E-state index in [9.17, 15) is 0 Å². The fourth-order valence-corrected chi connectivity index (χ4v) is 2.12. The van der Waals surface area contributed by atoms with Gasteiger partial charge in [0.05, 0.1) is 0 Å². The third-order valence-electron chi connectivity index (χ3n) is 3.30. The number of nitrogens with zero attached hydrogens (tertiary/aromatic N) is 2. The summed E-state index contributed by atoms with van der Waals surface area (Å²) in [6.07, 6.45) is 4.00. The maximum absolute atomic E-state index is 8.99. The van der Waals surface area contributed by atoms with E-state index in [1.807, 2.05) is 6.92 Å². The summed E-state index contributed by atoms with van der Waals surface area (Å²) in [6.45, 7) is 3.11. The molecular formula is C12H18ClN3O. The smallest absolute Gasteiger partial charge is 0.134 e. The van der Waals surface area contributed by atoms with Crippen LogP contribution in [0.1, 0.15) is 32.0 Å². The lowest BCUT2D eigenvalue weighted by Gasteiger charge is -2.15. The molecule has 1 saturated carbocycles. The predicted molar refractivity (Wildman–Crippen MR) is 68.3 cm³/mol. The molecule has 17 heavy (non-hydrogen) atoms. The zero-order valence-electron chi connectivity index (χ0n) is 10.0. The first-order valence-corrected chi connectivity index (χ1v) is 6.43. The first kappa shape index (κ1) is 12.6. The van der Waals surface area contributed by atoms with Crippen LogP contribution < -0.4 is 5.32 Å². The van der Waals surface area contributed by atoms with Crippen molar-refractivity contribution >= 4 is 17.4 Å². The molecule has 0 saturated heterocycles. The van der Waals surface area contributed by atoms with E-state index in [1.54, 1.807) is 6.07 Å². The van der Waals surface area contributed by atoms with Crippen molar-refractivity contribution in [1.29, 1.82) is 0 Å². The molecule has 0 unspecified atom stereocenters. The highest BCUT2D eigenvalue weighted by atomic mass is 35.5. The first-order chi connectivity index (χ1) is 8.17. The number of aliphatic hydroxyl groups excluding tert-OH is 1. The van der Waals surface area contributed by atoms with Crippen molar-refractivity contribution in [3.63, 3.8) is 0 Å². The SMILES string of the molecule is CCc1nc(Cl)cc(NCC2(CCO)CC2)n1. The van der Waals surface area contributed by atoms with E-state index < -0.39 is 0 Å². The van der Waals surface area contributed by atoms with Crippen molar-refractivity contribution in [2.24, 2.45) is 5.41 Å². The highest BCUT2D eigenvalue weighted by molar-refractivity contribution is 6.29. The van der Waals surface area contributed by atoms with Crippen molar-refractivity contribution < 1.29 is 5.11 Å². The number of anilines is 1. The number of aryl methyl sites for hydroxylation is 1. The molecule has 1 heterocycles. The van der Waals surface area contributed by atoms with Gasteiger partial charge in [0.2, 0.25) is 0 Å². The van der Waals surface area contributed by atoms with Gasteiger partial charge in [-0.15, -0.1) is 0 Å². The van der Waals surface area contributed by atoms with Gasteiger partial charge in [0, 0.05) is 25.6 Å². The molecule has 0 spiro atoms. The molecule has 1 aliphatic rings. The Balaban J connectivity index is 1.97. The molecule has 1 aromatic heterocycles. The minimum absolute atomic E-state index is 0.256. The highest BCUT2D eigenvalue weighted by Gasteiger charge is 2.41. The lowest BCUT2D eigenvalue weighted by atomic mass is 10.0. The van der Waals surface area contributed by atoms with Gasteiger partial charge in [0.1, 0.15) is 16.8 Å². The summed E-state index contributed by atoms with van der Waals surface area (Å²) in [5.74, 6) is 1.54. The van der Waals surface area contributed by atoms with E-state index in [1.165, 1.54) is 12.8 Å². The van der Waals surface area contributed by atoms with Crippen LogP contribution in [0.25, 0.3) is 0 Å². The Kier molecular flexibility index (Phi) is 3.84. The molecule has 4 nitrogen and oxygen atoms in total. The second kappa shape index (κ2) is 5.19. The molecule has 2 rings (SSSR count). The molecular weight excluding hydrogens is 238 g/mol. The second-order valence-corrected chi connectivity index (χ2v) is 5.06. The molecule has 0 atom stereocenters. The molecule has 0 radical (unpaired) electrons. The maximum Gasteiger partial charge on any atom is 0.134 e. The standard InChI is InChI=1S/C12H18ClN3O/c1-2-10-15-9(13)7-11(16-10)14-8-12(3-4-12)5-6-17/h7,17H,2-6,8H2,1H3,(H,14,15,16). The molecule has 1 fully saturated rings. The third kappa shape index (κ3) is 3.30. The Labute approximate surface area is 106 Å². The molecule has 94 valence electrons. The van der Waals surface area contributed by atoms with E-state index in [0.29, 0.717) is 5.15 Å². The van der Waals surface area contributed by atoms with Crippen molar-refractivity contribution in [1.82, 2.24) is 9.97 Å². The third-order valence-corrected chi connectivity index (χ3v) is 3.49. The van der Waals surface area contributed by atoms with Crippen LogP contribution in [0.3, 0.4) is 0 Å².